The second-order valence-electron chi connectivity index (χ2n) is 10.4. The van der Waals surface area contributed by atoms with Crippen molar-refractivity contribution in [3.05, 3.63) is 48.7 Å². The number of ether oxygens (including phenoxy) is 2. The molecule has 0 aliphatic carbocycles. The topological polar surface area (TPSA) is 36.3 Å². The van der Waals surface area contributed by atoms with Crippen molar-refractivity contribution in [1.29, 1.82) is 0 Å². The summed E-state index contributed by atoms with van der Waals surface area (Å²) in [5.74, 6) is 1.85. The van der Waals surface area contributed by atoms with E-state index in [1.54, 1.807) is 0 Å². The van der Waals surface area contributed by atoms with Crippen LogP contribution in [0, 0.1) is 0 Å². The van der Waals surface area contributed by atoms with Crippen LogP contribution < -0.4 is 9.47 Å². The molecule has 0 fully saturated rings. The second kappa shape index (κ2) is 17.9. The Hall–Kier alpha value is -2.49. The van der Waals surface area contributed by atoms with Crippen LogP contribution in [0.2, 0.25) is 0 Å². The van der Waals surface area contributed by atoms with E-state index >= 15 is 0 Å². The molecule has 0 aliphatic heterocycles. The molecule has 2 aromatic carbocycles. The monoisotopic (exact) mass is 506 g/mol. The van der Waals surface area contributed by atoms with Gasteiger partial charge in [0.25, 0.3) is 0 Å². The maximum Gasteiger partial charge on any atom is 0.120 e. The van der Waals surface area contributed by atoms with Crippen LogP contribution in [-0.4, -0.2) is 23.0 Å². The molecule has 0 saturated heterocycles. The van der Waals surface area contributed by atoms with Gasteiger partial charge in [-0.2, -0.15) is 5.10 Å². The van der Waals surface area contributed by atoms with Crippen LogP contribution in [0.25, 0.3) is 16.6 Å². The van der Waals surface area contributed by atoms with E-state index < -0.39 is 0 Å². The van der Waals surface area contributed by atoms with Crippen molar-refractivity contribution < 1.29 is 9.47 Å². The third kappa shape index (κ3) is 11.2. The van der Waals surface area contributed by atoms with Crippen molar-refractivity contribution in [2.45, 2.75) is 117 Å². The highest BCUT2D eigenvalue weighted by atomic mass is 16.5. The Balaban J connectivity index is 1.30. The third-order valence-corrected chi connectivity index (χ3v) is 7.11. The first kappa shape index (κ1) is 29.1. The van der Waals surface area contributed by atoms with Crippen molar-refractivity contribution in [3.63, 3.8) is 0 Å². The van der Waals surface area contributed by atoms with Gasteiger partial charge in [-0.25, -0.2) is 4.68 Å². The number of hydrogen-bond donors (Lipinski definition) is 0. The first-order valence-electron chi connectivity index (χ1n) is 15.2. The lowest BCUT2D eigenvalue weighted by Crippen LogP contribution is -1.98. The summed E-state index contributed by atoms with van der Waals surface area (Å²) in [5.41, 5.74) is 2.02. The molecule has 0 radical (unpaired) electrons. The largest absolute Gasteiger partial charge is 0.494 e. The van der Waals surface area contributed by atoms with Gasteiger partial charge in [0.1, 0.15) is 11.5 Å². The van der Waals surface area contributed by atoms with E-state index in [4.69, 9.17) is 14.6 Å². The Bertz CT molecular complexity index is 980. The number of rotatable bonds is 21. The molecule has 0 saturated carbocycles. The van der Waals surface area contributed by atoms with Gasteiger partial charge in [-0.1, -0.05) is 104 Å². The first-order valence-corrected chi connectivity index (χ1v) is 15.2. The Morgan fingerprint density at radius 1 is 0.568 bits per heavy atom. The second-order valence-corrected chi connectivity index (χ2v) is 10.4. The predicted molar refractivity (Wildman–Crippen MR) is 157 cm³/mol. The smallest absolute Gasteiger partial charge is 0.120 e. The SMILES string of the molecule is CCCCCCCCCCCCCCOc1ccc(-n2cc3cc(OCCCCCC)ccc3n2)cc1. The van der Waals surface area contributed by atoms with Crippen LogP contribution >= 0.6 is 0 Å². The van der Waals surface area contributed by atoms with Gasteiger partial charge < -0.3 is 9.47 Å². The summed E-state index contributed by atoms with van der Waals surface area (Å²) in [6, 6.07) is 14.4. The number of benzene rings is 2. The molecule has 0 bridgehead atoms. The van der Waals surface area contributed by atoms with Crippen molar-refractivity contribution in [2.24, 2.45) is 0 Å². The van der Waals surface area contributed by atoms with E-state index in [9.17, 15) is 0 Å². The van der Waals surface area contributed by atoms with Gasteiger partial charge in [-0.3, -0.25) is 0 Å². The number of fused-ring (bicyclic) bond motifs is 1. The van der Waals surface area contributed by atoms with Gasteiger partial charge in [0.15, 0.2) is 0 Å². The summed E-state index contributed by atoms with van der Waals surface area (Å²) in [7, 11) is 0. The lowest BCUT2D eigenvalue weighted by Gasteiger charge is -2.07. The number of hydrogen-bond acceptors (Lipinski definition) is 3. The van der Waals surface area contributed by atoms with Gasteiger partial charge in [-0.05, 0) is 55.3 Å². The number of aromatic nitrogens is 2. The van der Waals surface area contributed by atoms with Gasteiger partial charge in [0.05, 0.1) is 24.4 Å². The van der Waals surface area contributed by atoms with Crippen LogP contribution in [0.5, 0.6) is 11.5 Å². The molecule has 3 aromatic rings. The Morgan fingerprint density at radius 3 is 1.65 bits per heavy atom. The molecule has 0 aliphatic rings. The van der Waals surface area contributed by atoms with E-state index in [1.165, 1.54) is 89.9 Å². The minimum Gasteiger partial charge on any atom is -0.494 e. The predicted octanol–water partition coefficient (Wildman–Crippen LogP) is 10.1. The molecule has 0 unspecified atom stereocenters. The van der Waals surface area contributed by atoms with Crippen LogP contribution in [0.4, 0.5) is 0 Å². The van der Waals surface area contributed by atoms with Crippen LogP contribution in [0.1, 0.15) is 117 Å². The van der Waals surface area contributed by atoms with E-state index in [2.05, 4.69) is 38.2 Å². The summed E-state index contributed by atoms with van der Waals surface area (Å²) >= 11 is 0. The molecular weight excluding hydrogens is 456 g/mol. The minimum absolute atomic E-state index is 0.778. The van der Waals surface area contributed by atoms with Crippen molar-refractivity contribution in [3.8, 4) is 17.2 Å². The maximum atomic E-state index is 5.98. The fourth-order valence-corrected chi connectivity index (χ4v) is 4.77. The lowest BCUT2D eigenvalue weighted by atomic mass is 10.1. The summed E-state index contributed by atoms with van der Waals surface area (Å²) in [6.07, 6.45) is 23.3. The number of nitrogens with zero attached hydrogens (tertiary/aromatic N) is 2. The van der Waals surface area contributed by atoms with Gasteiger partial charge >= 0.3 is 0 Å². The molecule has 0 amide bonds. The standard InChI is InChI=1S/C33H50N2O2/c1-3-5-7-9-10-11-12-13-14-15-16-18-25-36-31-21-19-30(20-22-31)35-28-29-27-32(23-24-33(29)34-35)37-26-17-8-6-4-2/h19-24,27-28H,3-18,25-26H2,1-2H3. The van der Waals surface area contributed by atoms with Crippen LogP contribution in [0.15, 0.2) is 48.7 Å². The number of unbranched alkanes of at least 4 members (excludes halogenated alkanes) is 14. The molecule has 0 atom stereocenters. The molecule has 204 valence electrons. The molecule has 37 heavy (non-hydrogen) atoms. The van der Waals surface area contributed by atoms with E-state index in [0.29, 0.717) is 0 Å². The van der Waals surface area contributed by atoms with E-state index in [1.807, 2.05) is 28.9 Å². The molecule has 1 aromatic heterocycles. The zero-order valence-corrected chi connectivity index (χ0v) is 23.6. The highest BCUT2D eigenvalue weighted by molar-refractivity contribution is 5.80. The molecule has 0 spiro atoms. The minimum atomic E-state index is 0.778. The molecule has 1 heterocycles. The van der Waals surface area contributed by atoms with Crippen LogP contribution in [0.3, 0.4) is 0 Å². The van der Waals surface area contributed by atoms with Gasteiger partial charge in [0, 0.05) is 11.6 Å². The van der Waals surface area contributed by atoms with Gasteiger partial charge in [-0.15, -0.1) is 0 Å². The zero-order valence-electron chi connectivity index (χ0n) is 23.6. The highest BCUT2D eigenvalue weighted by Gasteiger charge is 2.05. The quantitative estimate of drug-likeness (QED) is 0.135. The molecule has 4 nitrogen and oxygen atoms in total. The molecule has 4 heteroatoms. The average molecular weight is 507 g/mol. The Kier molecular flexibility index (Phi) is 14.0. The first-order chi connectivity index (χ1) is 18.3. The fraction of sp³-hybridized carbons (Fsp3) is 0.606. The summed E-state index contributed by atoms with van der Waals surface area (Å²) in [4.78, 5) is 0. The zero-order chi connectivity index (χ0) is 26.0. The van der Waals surface area contributed by atoms with Crippen molar-refractivity contribution in [1.82, 2.24) is 9.78 Å². The summed E-state index contributed by atoms with van der Waals surface area (Å²) in [6.45, 7) is 6.09. The van der Waals surface area contributed by atoms with E-state index in [-0.39, 0.29) is 0 Å². The van der Waals surface area contributed by atoms with Crippen LogP contribution in [-0.2, 0) is 0 Å². The normalized spacial score (nSPS) is 11.3. The fourth-order valence-electron chi connectivity index (χ4n) is 4.77. The maximum absolute atomic E-state index is 5.98. The lowest BCUT2D eigenvalue weighted by molar-refractivity contribution is 0.304. The molecular formula is C33H50N2O2. The Labute approximate surface area is 225 Å². The third-order valence-electron chi connectivity index (χ3n) is 7.11. The summed E-state index contributed by atoms with van der Waals surface area (Å²) in [5, 5.41) is 5.83. The van der Waals surface area contributed by atoms with E-state index in [0.717, 1.165) is 54.1 Å². The molecule has 3 rings (SSSR count). The highest BCUT2D eigenvalue weighted by Crippen LogP contribution is 2.23. The average Bonchev–Trinajstić information content (AvgIpc) is 3.35. The van der Waals surface area contributed by atoms with Gasteiger partial charge in [0.2, 0.25) is 0 Å². The van der Waals surface area contributed by atoms with Crippen molar-refractivity contribution >= 4 is 10.9 Å². The molecule has 0 N–H and O–H groups in total. The Morgan fingerprint density at radius 2 is 1.05 bits per heavy atom. The summed E-state index contributed by atoms with van der Waals surface area (Å²) < 4.78 is 13.9. The van der Waals surface area contributed by atoms with Crippen molar-refractivity contribution in [2.75, 3.05) is 13.2 Å².